The normalized spacial score (nSPS) is 20.4. The first-order valence-corrected chi connectivity index (χ1v) is 13.3. The summed E-state index contributed by atoms with van der Waals surface area (Å²) >= 11 is 6.00. The minimum Gasteiger partial charge on any atom is -0.398 e. The van der Waals surface area contributed by atoms with Gasteiger partial charge in [0.1, 0.15) is 0 Å². The number of anilines is 2. The van der Waals surface area contributed by atoms with Gasteiger partial charge in [0.25, 0.3) is 0 Å². The van der Waals surface area contributed by atoms with Gasteiger partial charge in [0.2, 0.25) is 11.8 Å². The minimum absolute atomic E-state index is 0.000998. The molecule has 3 aromatic rings. The molecule has 2 amide bonds. The number of amides is 2. The molecule has 3 heterocycles. The van der Waals surface area contributed by atoms with Gasteiger partial charge < -0.3 is 16.0 Å². The van der Waals surface area contributed by atoms with Crippen LogP contribution >= 0.6 is 11.6 Å². The van der Waals surface area contributed by atoms with Gasteiger partial charge in [-0.25, -0.2) is 4.39 Å². The van der Waals surface area contributed by atoms with Gasteiger partial charge in [0.05, 0.1) is 16.8 Å². The van der Waals surface area contributed by atoms with Crippen LogP contribution in [0.15, 0.2) is 60.8 Å². The van der Waals surface area contributed by atoms with E-state index in [1.165, 1.54) is 12.1 Å². The van der Waals surface area contributed by atoms with Crippen molar-refractivity contribution >= 4 is 40.4 Å². The lowest BCUT2D eigenvalue weighted by Gasteiger charge is -2.34. The van der Waals surface area contributed by atoms with Crippen LogP contribution in [0.4, 0.5) is 15.8 Å². The van der Waals surface area contributed by atoms with E-state index in [0.717, 1.165) is 41.8 Å². The highest BCUT2D eigenvalue weighted by molar-refractivity contribution is 6.31. The average molecular weight is 533 g/mol. The zero-order valence-corrected chi connectivity index (χ0v) is 22.0. The maximum Gasteiger partial charge on any atom is 0.247 e. The topological polar surface area (TPSA) is 88.3 Å². The molecule has 2 aromatic carbocycles. The molecule has 0 saturated carbocycles. The summed E-state index contributed by atoms with van der Waals surface area (Å²) in [6.07, 6.45) is 6.79. The number of pyridine rings is 1. The summed E-state index contributed by atoms with van der Waals surface area (Å²) < 4.78 is 14.8. The summed E-state index contributed by atoms with van der Waals surface area (Å²) in [5.41, 5.74) is 10.4. The number of carbonyl (C=O) groups is 2. The predicted octanol–water partition coefficient (Wildman–Crippen LogP) is 6.63. The second-order valence-corrected chi connectivity index (χ2v) is 10.4. The van der Waals surface area contributed by atoms with Gasteiger partial charge in [-0.15, -0.1) is 0 Å². The fourth-order valence-corrected chi connectivity index (χ4v) is 5.49. The highest BCUT2D eigenvalue weighted by Crippen LogP contribution is 2.37. The SMILES string of the molecule is CC1CCCCC(N2CCC(c3c(N)ccc(Cl)c3F)=CC2=O)c2cc(ccn2)-c2ccccc2NC1=O. The van der Waals surface area contributed by atoms with E-state index in [9.17, 15) is 14.0 Å². The first-order chi connectivity index (χ1) is 18.3. The van der Waals surface area contributed by atoms with Gasteiger partial charge in [0, 0.05) is 47.2 Å². The Morgan fingerprint density at radius 3 is 2.71 bits per heavy atom. The Kier molecular flexibility index (Phi) is 7.47. The summed E-state index contributed by atoms with van der Waals surface area (Å²) in [5.74, 6) is -0.953. The first kappa shape index (κ1) is 25.9. The molecule has 2 aliphatic rings. The molecular formula is C30H30ClFN4O2. The number of carbonyl (C=O) groups excluding carboxylic acids is 2. The van der Waals surface area contributed by atoms with Crippen LogP contribution in [0.2, 0.25) is 5.02 Å². The van der Waals surface area contributed by atoms with Crippen molar-refractivity contribution in [1.29, 1.82) is 0 Å². The molecule has 1 aromatic heterocycles. The van der Waals surface area contributed by atoms with Crippen LogP contribution in [0.3, 0.4) is 0 Å². The number of aromatic nitrogens is 1. The van der Waals surface area contributed by atoms with Crippen LogP contribution in [-0.2, 0) is 9.59 Å². The third-order valence-electron chi connectivity index (χ3n) is 7.46. The Morgan fingerprint density at radius 2 is 1.89 bits per heavy atom. The second-order valence-electron chi connectivity index (χ2n) is 9.98. The van der Waals surface area contributed by atoms with Crippen LogP contribution in [0, 0.1) is 11.7 Å². The van der Waals surface area contributed by atoms with Crippen molar-refractivity contribution in [3.05, 3.63) is 82.9 Å². The quantitative estimate of drug-likeness (QED) is 0.363. The van der Waals surface area contributed by atoms with Crippen molar-refractivity contribution in [3.8, 4) is 11.1 Å². The number of nitrogens with two attached hydrogens (primary N) is 1. The van der Waals surface area contributed by atoms with Gasteiger partial charge in [-0.3, -0.25) is 14.6 Å². The smallest absolute Gasteiger partial charge is 0.247 e. The largest absolute Gasteiger partial charge is 0.398 e. The zero-order chi connectivity index (χ0) is 26.8. The molecule has 8 heteroatoms. The van der Waals surface area contributed by atoms with Crippen molar-refractivity contribution in [3.63, 3.8) is 0 Å². The van der Waals surface area contributed by atoms with Gasteiger partial charge in [0.15, 0.2) is 5.82 Å². The number of nitrogens with one attached hydrogen (secondary N) is 1. The van der Waals surface area contributed by atoms with E-state index in [0.29, 0.717) is 25.0 Å². The predicted molar refractivity (Wildman–Crippen MR) is 149 cm³/mol. The van der Waals surface area contributed by atoms with Gasteiger partial charge in [-0.2, -0.15) is 0 Å². The molecule has 196 valence electrons. The summed E-state index contributed by atoms with van der Waals surface area (Å²) in [5, 5.41) is 3.07. The summed E-state index contributed by atoms with van der Waals surface area (Å²) in [7, 11) is 0. The molecule has 2 aliphatic heterocycles. The van der Waals surface area contributed by atoms with Gasteiger partial charge in [-0.1, -0.05) is 49.6 Å². The summed E-state index contributed by atoms with van der Waals surface area (Å²) in [6.45, 7) is 2.34. The lowest BCUT2D eigenvalue weighted by molar-refractivity contribution is -0.129. The van der Waals surface area contributed by atoms with E-state index < -0.39 is 5.82 Å². The minimum atomic E-state index is -0.605. The van der Waals surface area contributed by atoms with E-state index in [1.807, 2.05) is 48.2 Å². The number of nitrogens with zero attached hydrogens (tertiary/aromatic N) is 2. The Balaban J connectivity index is 1.51. The number of fused-ring (bicyclic) bond motifs is 4. The number of hydrogen-bond acceptors (Lipinski definition) is 4. The van der Waals surface area contributed by atoms with Crippen molar-refractivity contribution < 1.29 is 14.0 Å². The summed E-state index contributed by atoms with van der Waals surface area (Å²) in [4.78, 5) is 32.8. The number of para-hydroxylation sites is 1. The fraction of sp³-hybridized carbons (Fsp3) is 0.300. The molecule has 38 heavy (non-hydrogen) atoms. The van der Waals surface area contributed by atoms with Crippen LogP contribution in [-0.4, -0.2) is 28.2 Å². The zero-order valence-electron chi connectivity index (χ0n) is 21.2. The van der Waals surface area contributed by atoms with Crippen molar-refractivity contribution in [2.45, 2.75) is 45.1 Å². The molecule has 0 radical (unpaired) electrons. The monoisotopic (exact) mass is 532 g/mol. The number of benzene rings is 2. The number of halogens is 2. The molecule has 0 spiro atoms. The number of nitrogen functional groups attached to an aromatic ring is 1. The second kappa shape index (κ2) is 11.0. The van der Waals surface area contributed by atoms with Crippen LogP contribution in [0.25, 0.3) is 16.7 Å². The Hall–Kier alpha value is -3.71. The molecule has 2 unspecified atom stereocenters. The standard InChI is InChI=1S/C30H30ClFN4O2/c1-18-6-2-5-9-26(25-16-19(12-14-34-25)21-7-3-4-8-24(21)35-30(18)38)36-15-13-20(17-27(36)37)28-23(33)11-10-22(31)29(28)32/h3-4,7-8,10-12,14,16-18,26H,2,5-6,9,13,15,33H2,1H3,(H,35,38). The number of hydrogen-bond donors (Lipinski definition) is 2. The lowest BCUT2D eigenvalue weighted by Crippen LogP contribution is -2.38. The van der Waals surface area contributed by atoms with Crippen LogP contribution in [0.5, 0.6) is 0 Å². The number of rotatable bonds is 2. The third kappa shape index (κ3) is 5.16. The van der Waals surface area contributed by atoms with E-state index >= 15 is 0 Å². The maximum atomic E-state index is 14.8. The first-order valence-electron chi connectivity index (χ1n) is 12.9. The Bertz CT molecular complexity index is 1420. The third-order valence-corrected chi connectivity index (χ3v) is 7.75. The van der Waals surface area contributed by atoms with Crippen LogP contribution < -0.4 is 11.1 Å². The van der Waals surface area contributed by atoms with Crippen molar-refractivity contribution in [2.24, 2.45) is 5.92 Å². The Labute approximate surface area is 226 Å². The Morgan fingerprint density at radius 1 is 1.11 bits per heavy atom. The molecule has 0 fully saturated rings. The van der Waals surface area contributed by atoms with Gasteiger partial charge >= 0.3 is 0 Å². The highest BCUT2D eigenvalue weighted by atomic mass is 35.5. The van der Waals surface area contributed by atoms with Gasteiger partial charge in [-0.05, 0) is 60.7 Å². The lowest BCUT2D eigenvalue weighted by atomic mass is 9.93. The maximum absolute atomic E-state index is 14.8. The fourth-order valence-electron chi connectivity index (χ4n) is 5.33. The summed E-state index contributed by atoms with van der Waals surface area (Å²) in [6, 6.07) is 14.3. The van der Waals surface area contributed by atoms with E-state index in [1.54, 1.807) is 12.3 Å². The molecule has 6 nitrogen and oxygen atoms in total. The molecular weight excluding hydrogens is 503 g/mol. The molecule has 5 rings (SSSR count). The van der Waals surface area contributed by atoms with E-state index in [4.69, 9.17) is 17.3 Å². The molecule has 0 saturated heterocycles. The molecule has 2 atom stereocenters. The van der Waals surface area contributed by atoms with E-state index in [2.05, 4.69) is 10.3 Å². The molecule has 2 bridgehead atoms. The van der Waals surface area contributed by atoms with Crippen molar-refractivity contribution in [2.75, 3.05) is 17.6 Å². The van der Waals surface area contributed by atoms with Crippen molar-refractivity contribution in [1.82, 2.24) is 9.88 Å². The average Bonchev–Trinajstić information content (AvgIpc) is 2.92. The molecule has 3 N–H and O–H groups in total. The van der Waals surface area contributed by atoms with Crippen LogP contribution in [0.1, 0.15) is 56.3 Å². The highest BCUT2D eigenvalue weighted by Gasteiger charge is 2.30. The molecule has 0 aliphatic carbocycles. The van der Waals surface area contributed by atoms with E-state index in [-0.39, 0.29) is 40.0 Å².